The molecule has 1 atom stereocenters. The van der Waals surface area contributed by atoms with Gasteiger partial charge in [0.05, 0.1) is 5.75 Å². The lowest BCUT2D eigenvalue weighted by Gasteiger charge is -2.13. The minimum absolute atomic E-state index is 0.0210. The molecule has 0 saturated heterocycles. The van der Waals surface area contributed by atoms with Crippen LogP contribution in [-0.4, -0.2) is 37.4 Å². The first-order valence-corrected chi connectivity index (χ1v) is 8.38. The molecule has 21 heavy (non-hydrogen) atoms. The van der Waals surface area contributed by atoms with Gasteiger partial charge in [-0.25, -0.2) is 18.0 Å². The molecule has 0 radical (unpaired) electrons. The van der Waals surface area contributed by atoms with E-state index < -0.39 is 32.9 Å². The summed E-state index contributed by atoms with van der Waals surface area (Å²) in [7, 11) is 1.17. The number of amides is 1. The van der Waals surface area contributed by atoms with Crippen molar-refractivity contribution in [2.45, 2.75) is 19.1 Å². The first-order valence-electron chi connectivity index (χ1n) is 5.90. The van der Waals surface area contributed by atoms with Crippen LogP contribution in [0.15, 0.2) is 30.3 Å². The molecule has 0 bridgehead atoms. The van der Waals surface area contributed by atoms with Gasteiger partial charge in [-0.1, -0.05) is 30.3 Å². The molecule has 0 heterocycles. The van der Waals surface area contributed by atoms with Crippen molar-refractivity contribution in [3.05, 3.63) is 35.9 Å². The predicted molar refractivity (Wildman–Crippen MR) is 75.4 cm³/mol. The zero-order chi connectivity index (χ0) is 15.9. The van der Waals surface area contributed by atoms with Crippen molar-refractivity contribution in [1.29, 1.82) is 0 Å². The predicted octanol–water partition coefficient (Wildman–Crippen LogP) is 1.32. The van der Waals surface area contributed by atoms with Crippen molar-refractivity contribution in [2.24, 2.45) is 0 Å². The number of hydrogen-bond acceptors (Lipinski definition) is 5. The van der Waals surface area contributed by atoms with Gasteiger partial charge in [-0.05, 0) is 12.0 Å². The maximum Gasteiger partial charge on any atom is 0.408 e. The Labute approximate surface area is 126 Å². The van der Waals surface area contributed by atoms with E-state index in [4.69, 9.17) is 20.5 Å². The largest absolute Gasteiger partial charge is 0.480 e. The molecular weight excluding hydrogens is 322 g/mol. The van der Waals surface area contributed by atoms with Gasteiger partial charge in [0.1, 0.15) is 12.6 Å². The molecule has 0 saturated carbocycles. The normalized spacial score (nSPS) is 12.4. The SMILES string of the molecule is O=C(NC(CCS(=O)(=O)Cl)C(=O)O)OCc1ccccc1. The summed E-state index contributed by atoms with van der Waals surface area (Å²) in [6.45, 7) is -0.0210. The fourth-order valence-electron chi connectivity index (χ4n) is 1.42. The topological polar surface area (TPSA) is 110 Å². The molecule has 0 fully saturated rings. The molecule has 1 unspecified atom stereocenters. The van der Waals surface area contributed by atoms with E-state index in [1.165, 1.54) is 0 Å². The number of ether oxygens (including phenoxy) is 1. The van der Waals surface area contributed by atoms with Crippen molar-refractivity contribution in [1.82, 2.24) is 5.32 Å². The van der Waals surface area contributed by atoms with Crippen molar-refractivity contribution in [2.75, 3.05) is 5.75 Å². The molecule has 2 N–H and O–H groups in total. The second-order valence-corrected chi connectivity index (χ2v) is 7.03. The molecular formula is C12H14ClNO6S. The first kappa shape index (κ1) is 17.3. The average molecular weight is 336 g/mol. The van der Waals surface area contributed by atoms with Crippen LogP contribution in [0.2, 0.25) is 0 Å². The standard InChI is InChI=1S/C12H14ClNO6S/c13-21(18,19)7-6-10(11(15)16)14-12(17)20-8-9-4-2-1-3-5-9/h1-5,10H,6-8H2,(H,14,17)(H,15,16). The van der Waals surface area contributed by atoms with Crippen molar-refractivity contribution >= 4 is 31.8 Å². The zero-order valence-corrected chi connectivity index (χ0v) is 12.4. The summed E-state index contributed by atoms with van der Waals surface area (Å²) in [5, 5.41) is 11.0. The highest BCUT2D eigenvalue weighted by Gasteiger charge is 2.22. The van der Waals surface area contributed by atoms with E-state index in [2.05, 4.69) is 5.32 Å². The third-order valence-electron chi connectivity index (χ3n) is 2.45. The number of carbonyl (C=O) groups is 2. The molecule has 1 rings (SSSR count). The third kappa shape index (κ3) is 7.52. The minimum Gasteiger partial charge on any atom is -0.480 e. The van der Waals surface area contributed by atoms with E-state index in [0.717, 1.165) is 5.56 Å². The monoisotopic (exact) mass is 335 g/mol. The van der Waals surface area contributed by atoms with Crippen LogP contribution in [0.25, 0.3) is 0 Å². The van der Waals surface area contributed by atoms with Crippen LogP contribution in [0.1, 0.15) is 12.0 Å². The lowest BCUT2D eigenvalue weighted by atomic mass is 10.2. The average Bonchev–Trinajstić information content (AvgIpc) is 2.41. The highest BCUT2D eigenvalue weighted by atomic mass is 35.7. The van der Waals surface area contributed by atoms with Crippen LogP contribution in [0.5, 0.6) is 0 Å². The molecule has 0 aromatic heterocycles. The number of alkyl carbamates (subject to hydrolysis) is 1. The summed E-state index contributed by atoms with van der Waals surface area (Å²) < 4.78 is 26.4. The van der Waals surface area contributed by atoms with Gasteiger partial charge in [0.25, 0.3) is 0 Å². The van der Waals surface area contributed by atoms with Crippen molar-refractivity contribution < 1.29 is 27.9 Å². The Balaban J connectivity index is 2.47. The summed E-state index contributed by atoms with van der Waals surface area (Å²) in [6.07, 6.45) is -1.29. The summed E-state index contributed by atoms with van der Waals surface area (Å²) in [4.78, 5) is 22.4. The van der Waals surface area contributed by atoms with Gasteiger partial charge in [0, 0.05) is 10.7 Å². The Hall–Kier alpha value is -1.80. The molecule has 1 aromatic carbocycles. The summed E-state index contributed by atoms with van der Waals surface area (Å²) >= 11 is 0. The highest BCUT2D eigenvalue weighted by Crippen LogP contribution is 2.04. The second kappa shape index (κ2) is 7.84. The maximum absolute atomic E-state index is 11.5. The summed E-state index contributed by atoms with van der Waals surface area (Å²) in [5.74, 6) is -1.93. The molecule has 0 aliphatic carbocycles. The van der Waals surface area contributed by atoms with Gasteiger partial charge in [-0.2, -0.15) is 0 Å². The van der Waals surface area contributed by atoms with Crippen LogP contribution in [-0.2, 0) is 25.2 Å². The fourth-order valence-corrected chi connectivity index (χ4v) is 2.21. The highest BCUT2D eigenvalue weighted by molar-refractivity contribution is 8.13. The number of halogens is 1. The quantitative estimate of drug-likeness (QED) is 0.727. The number of rotatable bonds is 7. The molecule has 0 spiro atoms. The van der Waals surface area contributed by atoms with Gasteiger partial charge < -0.3 is 15.2 Å². The van der Waals surface area contributed by atoms with E-state index in [9.17, 15) is 18.0 Å². The fraction of sp³-hybridized carbons (Fsp3) is 0.333. The van der Waals surface area contributed by atoms with Crippen LogP contribution < -0.4 is 5.32 Å². The van der Waals surface area contributed by atoms with Gasteiger partial charge >= 0.3 is 12.1 Å². The lowest BCUT2D eigenvalue weighted by molar-refractivity contribution is -0.139. The van der Waals surface area contributed by atoms with E-state index in [1.54, 1.807) is 30.3 Å². The zero-order valence-electron chi connectivity index (χ0n) is 10.9. The van der Waals surface area contributed by atoms with E-state index in [-0.39, 0.29) is 13.0 Å². The molecule has 1 amide bonds. The smallest absolute Gasteiger partial charge is 0.408 e. The number of hydrogen-bond donors (Lipinski definition) is 2. The Morgan fingerprint density at radius 1 is 1.29 bits per heavy atom. The third-order valence-corrected chi connectivity index (χ3v) is 3.64. The first-order chi connectivity index (χ1) is 9.78. The lowest BCUT2D eigenvalue weighted by Crippen LogP contribution is -2.41. The van der Waals surface area contributed by atoms with Crippen molar-refractivity contribution in [3.63, 3.8) is 0 Å². The van der Waals surface area contributed by atoms with E-state index in [1.807, 2.05) is 0 Å². The molecule has 0 aliphatic rings. The Kier molecular flexibility index (Phi) is 6.44. The number of nitrogens with one attached hydrogen (secondary N) is 1. The van der Waals surface area contributed by atoms with Crippen LogP contribution >= 0.6 is 10.7 Å². The van der Waals surface area contributed by atoms with Crippen LogP contribution in [0.4, 0.5) is 4.79 Å². The van der Waals surface area contributed by atoms with Gasteiger partial charge in [0.2, 0.25) is 9.05 Å². The molecule has 1 aromatic rings. The molecule has 9 heteroatoms. The van der Waals surface area contributed by atoms with Crippen LogP contribution in [0.3, 0.4) is 0 Å². The van der Waals surface area contributed by atoms with Gasteiger partial charge in [-0.15, -0.1) is 0 Å². The Bertz CT molecular complexity index is 589. The molecule has 0 aliphatic heterocycles. The Morgan fingerprint density at radius 2 is 1.90 bits per heavy atom. The van der Waals surface area contributed by atoms with Gasteiger partial charge in [0.15, 0.2) is 0 Å². The summed E-state index contributed by atoms with van der Waals surface area (Å²) in [5.41, 5.74) is 0.739. The van der Waals surface area contributed by atoms with Crippen LogP contribution in [0, 0.1) is 0 Å². The number of carboxylic acid groups (broad SMARTS) is 1. The van der Waals surface area contributed by atoms with E-state index >= 15 is 0 Å². The van der Waals surface area contributed by atoms with E-state index in [0.29, 0.717) is 0 Å². The number of carboxylic acids is 1. The number of carbonyl (C=O) groups excluding carboxylic acids is 1. The second-order valence-electron chi connectivity index (χ2n) is 4.13. The molecule has 7 nitrogen and oxygen atoms in total. The van der Waals surface area contributed by atoms with Crippen molar-refractivity contribution in [3.8, 4) is 0 Å². The number of benzene rings is 1. The molecule has 116 valence electrons. The maximum atomic E-state index is 11.5. The van der Waals surface area contributed by atoms with Gasteiger partial charge in [-0.3, -0.25) is 0 Å². The minimum atomic E-state index is -3.83. The Morgan fingerprint density at radius 3 is 2.43 bits per heavy atom. The number of aliphatic carboxylic acids is 1. The summed E-state index contributed by atoms with van der Waals surface area (Å²) in [6, 6.07) is 7.42.